The van der Waals surface area contributed by atoms with E-state index in [0.29, 0.717) is 18.2 Å². The van der Waals surface area contributed by atoms with Gasteiger partial charge in [-0.3, -0.25) is 0 Å². The monoisotopic (exact) mass is 370 g/mol. The van der Waals surface area contributed by atoms with Gasteiger partial charge in [-0.25, -0.2) is 13.2 Å². The lowest BCUT2D eigenvalue weighted by atomic mass is 9.81. The van der Waals surface area contributed by atoms with Gasteiger partial charge in [-0.1, -0.05) is 18.2 Å². The van der Waals surface area contributed by atoms with Gasteiger partial charge in [0.2, 0.25) is 5.67 Å². The van der Waals surface area contributed by atoms with Crippen LogP contribution in [0, 0.1) is 11.6 Å². The number of nitrogens with two attached hydrogens (primary N) is 2. The Kier molecular flexibility index (Phi) is 4.35. The van der Waals surface area contributed by atoms with Crippen molar-refractivity contribution in [2.24, 2.45) is 0 Å². The fraction of sp³-hybridized carbons (Fsp3) is 0.200. The van der Waals surface area contributed by atoms with Crippen molar-refractivity contribution in [3.8, 4) is 0 Å². The first kappa shape index (κ1) is 18.8. The summed E-state index contributed by atoms with van der Waals surface area (Å²) in [6.07, 6.45) is -6.40. The van der Waals surface area contributed by atoms with Crippen molar-refractivity contribution in [2.45, 2.75) is 17.8 Å². The molecule has 0 spiro atoms. The van der Waals surface area contributed by atoms with Gasteiger partial charge in [-0.05, 0) is 18.2 Å². The summed E-state index contributed by atoms with van der Waals surface area (Å²) < 4.78 is 109. The van der Waals surface area contributed by atoms with Crippen molar-refractivity contribution >= 4 is 11.4 Å². The lowest BCUT2D eigenvalue weighted by Crippen LogP contribution is -2.53. The van der Waals surface area contributed by atoms with E-state index in [4.69, 9.17) is 11.5 Å². The zero-order chi connectivity index (χ0) is 19.2. The molecule has 0 aliphatic heterocycles. The van der Waals surface area contributed by atoms with E-state index in [1.165, 1.54) is 0 Å². The molecule has 0 saturated carbocycles. The van der Waals surface area contributed by atoms with E-state index in [0.717, 1.165) is 12.1 Å². The van der Waals surface area contributed by atoms with Crippen molar-refractivity contribution < 1.29 is 35.1 Å². The number of halogens is 8. The lowest BCUT2D eigenvalue weighted by Gasteiger charge is -2.35. The minimum absolute atomic E-state index is 0.0645. The Hall–Kier alpha value is -2.52. The SMILES string of the molecule is Nc1ccc(C(F)(c2ccc(N)c(F)c2F)C(F)(F)C(F)(F)F)cc1. The molecule has 0 aromatic heterocycles. The van der Waals surface area contributed by atoms with Crippen LogP contribution in [0.5, 0.6) is 0 Å². The highest BCUT2D eigenvalue weighted by Gasteiger charge is 2.73. The molecule has 0 fully saturated rings. The quantitative estimate of drug-likeness (QED) is 0.616. The molecule has 0 bridgehead atoms. The average molecular weight is 370 g/mol. The second-order valence-electron chi connectivity index (χ2n) is 5.18. The molecule has 2 aromatic rings. The maximum absolute atomic E-state index is 15.3. The molecular weight excluding hydrogens is 360 g/mol. The van der Waals surface area contributed by atoms with Gasteiger partial charge in [-0.15, -0.1) is 0 Å². The van der Waals surface area contributed by atoms with Crippen LogP contribution >= 0.6 is 0 Å². The Morgan fingerprint density at radius 2 is 1.20 bits per heavy atom. The van der Waals surface area contributed by atoms with E-state index in [9.17, 15) is 30.7 Å². The summed E-state index contributed by atoms with van der Waals surface area (Å²) in [5.74, 6) is -10.3. The second kappa shape index (κ2) is 5.78. The van der Waals surface area contributed by atoms with Crippen LogP contribution in [0.1, 0.15) is 11.1 Å². The maximum atomic E-state index is 15.3. The van der Waals surface area contributed by atoms with Crippen molar-refractivity contribution in [3.05, 3.63) is 59.2 Å². The lowest BCUT2D eigenvalue weighted by molar-refractivity contribution is -0.323. The first-order valence-corrected chi connectivity index (χ1v) is 6.57. The molecule has 4 N–H and O–H groups in total. The summed E-state index contributed by atoms with van der Waals surface area (Å²) in [5, 5.41) is 0. The number of hydrogen-bond acceptors (Lipinski definition) is 2. The van der Waals surface area contributed by atoms with Crippen molar-refractivity contribution in [1.82, 2.24) is 0 Å². The van der Waals surface area contributed by atoms with E-state index in [1.54, 1.807) is 0 Å². The van der Waals surface area contributed by atoms with Crippen LogP contribution in [0.25, 0.3) is 0 Å². The number of anilines is 2. The smallest absolute Gasteiger partial charge is 0.399 e. The predicted molar refractivity (Wildman–Crippen MR) is 74.5 cm³/mol. The van der Waals surface area contributed by atoms with Gasteiger partial charge in [0.15, 0.2) is 11.6 Å². The third-order valence-electron chi connectivity index (χ3n) is 3.58. The van der Waals surface area contributed by atoms with Crippen LogP contribution in [0.3, 0.4) is 0 Å². The standard InChI is InChI=1S/C15H10F8N2/c16-11-9(5-6-10(25)12(11)17)13(18,14(19,20)15(21,22)23)7-1-3-8(24)4-2-7/h1-6H,24-25H2. The highest BCUT2D eigenvalue weighted by Crippen LogP contribution is 2.55. The molecule has 25 heavy (non-hydrogen) atoms. The molecule has 1 unspecified atom stereocenters. The normalized spacial score (nSPS) is 15.0. The summed E-state index contributed by atoms with van der Waals surface area (Å²) >= 11 is 0. The maximum Gasteiger partial charge on any atom is 0.457 e. The molecule has 0 radical (unpaired) electrons. The number of benzene rings is 2. The minimum atomic E-state index is -6.40. The molecule has 2 rings (SSSR count). The van der Waals surface area contributed by atoms with Gasteiger partial charge in [0, 0.05) is 16.8 Å². The van der Waals surface area contributed by atoms with Crippen molar-refractivity contribution in [2.75, 3.05) is 11.5 Å². The molecule has 0 saturated heterocycles. The zero-order valence-corrected chi connectivity index (χ0v) is 12.1. The molecule has 2 nitrogen and oxygen atoms in total. The summed E-state index contributed by atoms with van der Waals surface area (Å²) in [7, 11) is 0. The van der Waals surface area contributed by atoms with Gasteiger partial charge in [0.25, 0.3) is 0 Å². The number of alkyl halides is 6. The molecule has 10 heteroatoms. The largest absolute Gasteiger partial charge is 0.457 e. The molecule has 2 aromatic carbocycles. The topological polar surface area (TPSA) is 52.0 Å². The van der Waals surface area contributed by atoms with E-state index < -0.39 is 46.2 Å². The molecule has 0 amide bonds. The predicted octanol–water partition coefficient (Wildman–Crippen LogP) is 4.54. The molecule has 0 aliphatic carbocycles. The van der Waals surface area contributed by atoms with E-state index in [1.807, 2.05) is 0 Å². The summed E-state index contributed by atoms with van der Waals surface area (Å²) in [6, 6.07) is 3.49. The van der Waals surface area contributed by atoms with Gasteiger partial charge < -0.3 is 11.5 Å². The van der Waals surface area contributed by atoms with Gasteiger partial charge >= 0.3 is 12.1 Å². The Morgan fingerprint density at radius 1 is 0.680 bits per heavy atom. The van der Waals surface area contributed by atoms with Crippen molar-refractivity contribution in [3.63, 3.8) is 0 Å². The Labute approximate surface area is 136 Å². The Morgan fingerprint density at radius 3 is 1.68 bits per heavy atom. The second-order valence-corrected chi connectivity index (χ2v) is 5.18. The molecule has 0 aliphatic rings. The molecule has 1 atom stereocenters. The third-order valence-corrected chi connectivity index (χ3v) is 3.58. The highest BCUT2D eigenvalue weighted by molar-refractivity contribution is 5.50. The zero-order valence-electron chi connectivity index (χ0n) is 12.1. The average Bonchev–Trinajstić information content (AvgIpc) is 2.51. The number of rotatable bonds is 3. The van der Waals surface area contributed by atoms with E-state index in [2.05, 4.69) is 0 Å². The Bertz CT molecular complexity index is 785. The summed E-state index contributed by atoms with van der Waals surface area (Å²) in [6.45, 7) is 0. The van der Waals surface area contributed by atoms with Crippen LogP contribution in [0.2, 0.25) is 0 Å². The number of hydrogen-bond donors (Lipinski definition) is 2. The third kappa shape index (κ3) is 2.75. The first-order valence-electron chi connectivity index (χ1n) is 6.57. The highest BCUT2D eigenvalue weighted by atomic mass is 19.4. The van der Waals surface area contributed by atoms with Crippen molar-refractivity contribution in [1.29, 1.82) is 0 Å². The van der Waals surface area contributed by atoms with E-state index >= 15 is 4.39 Å². The summed E-state index contributed by atoms with van der Waals surface area (Å²) in [5.41, 5.74) is 1.52. The van der Waals surface area contributed by atoms with Gasteiger partial charge in [-0.2, -0.15) is 22.0 Å². The minimum Gasteiger partial charge on any atom is -0.399 e. The number of nitrogen functional groups attached to an aromatic ring is 2. The fourth-order valence-corrected chi connectivity index (χ4v) is 2.24. The van der Waals surface area contributed by atoms with Crippen LogP contribution < -0.4 is 11.5 Å². The van der Waals surface area contributed by atoms with Crippen LogP contribution in [0.4, 0.5) is 46.5 Å². The van der Waals surface area contributed by atoms with Gasteiger partial charge in [0.1, 0.15) is 0 Å². The van der Waals surface area contributed by atoms with Crippen LogP contribution in [0.15, 0.2) is 36.4 Å². The first-order chi connectivity index (χ1) is 11.3. The van der Waals surface area contributed by atoms with Crippen LogP contribution in [-0.2, 0) is 5.67 Å². The van der Waals surface area contributed by atoms with Gasteiger partial charge in [0.05, 0.1) is 5.69 Å². The molecular formula is C15H10F8N2. The van der Waals surface area contributed by atoms with E-state index in [-0.39, 0.29) is 11.8 Å². The van der Waals surface area contributed by atoms with Crippen LogP contribution in [-0.4, -0.2) is 12.1 Å². The fourth-order valence-electron chi connectivity index (χ4n) is 2.24. The Balaban J connectivity index is 2.87. The summed E-state index contributed by atoms with van der Waals surface area (Å²) in [4.78, 5) is 0. The molecule has 136 valence electrons. The molecule has 0 heterocycles.